The fraction of sp³-hybridized carbons (Fsp3) is 0.154. The van der Waals surface area contributed by atoms with Crippen molar-refractivity contribution >= 4 is 46.4 Å². The molecule has 64 heavy (non-hydrogen) atoms. The highest BCUT2D eigenvalue weighted by molar-refractivity contribution is 6.15. The summed E-state index contributed by atoms with van der Waals surface area (Å²) in [6.07, 6.45) is 7.96. The molecule has 0 atom stereocenters. The van der Waals surface area contributed by atoms with Crippen molar-refractivity contribution in [3.63, 3.8) is 0 Å². The zero-order chi connectivity index (χ0) is 44.5. The van der Waals surface area contributed by atoms with Crippen LogP contribution in [0.15, 0.2) is 103 Å². The largest absolute Gasteiger partial charge is 0.496 e. The highest BCUT2D eigenvalue weighted by atomic mass is 16.5. The third kappa shape index (κ3) is 6.98. The Morgan fingerprint density at radius 3 is 1.20 bits per heavy atom. The van der Waals surface area contributed by atoms with E-state index in [0.717, 1.165) is 16.7 Å². The van der Waals surface area contributed by atoms with Crippen molar-refractivity contribution in [1.29, 1.82) is 0 Å². The van der Waals surface area contributed by atoms with E-state index < -0.39 is 0 Å². The van der Waals surface area contributed by atoms with Crippen LogP contribution in [-0.2, 0) is 0 Å². The lowest BCUT2D eigenvalue weighted by molar-refractivity contribution is 0.392. The highest BCUT2D eigenvalue weighted by Crippen LogP contribution is 2.57. The second-order valence-electron chi connectivity index (χ2n) is 14.7. The van der Waals surface area contributed by atoms with Gasteiger partial charge in [0.2, 0.25) is 0 Å². The Labute approximate surface area is 370 Å². The van der Waals surface area contributed by atoms with E-state index in [0.29, 0.717) is 113 Å². The molecule has 7 aromatic rings. The normalized spacial score (nSPS) is 11.6. The van der Waals surface area contributed by atoms with E-state index in [9.17, 15) is 0 Å². The molecule has 9 rings (SSSR count). The van der Waals surface area contributed by atoms with Crippen molar-refractivity contribution in [2.75, 3.05) is 56.9 Å². The summed E-state index contributed by atoms with van der Waals surface area (Å²) in [5.41, 5.74) is 10.1. The maximum atomic E-state index is 6.31. The molecule has 3 aromatic heterocycles. The van der Waals surface area contributed by atoms with Gasteiger partial charge in [0, 0.05) is 27.7 Å². The first-order valence-corrected chi connectivity index (χ1v) is 20.4. The Morgan fingerprint density at radius 1 is 0.375 bits per heavy atom. The molecule has 0 radical (unpaired) electrons. The van der Waals surface area contributed by atoms with E-state index in [4.69, 9.17) is 47.9 Å². The SMILES string of the molecule is COc1cccc(OC)c1-c1c(-c2c(OC)cccc2OC)c2c(-c3c(OC)cccc3OC)c3nc(cc4ccc(cc5nc(cc1n2-c1c(OC)cccc1OC)C=C5)[nH]4)C=C3. The standard InChI is InChI=1S/C52H46N4O8/c1-57-37-13-9-14-38(58-2)47(37)45-35-26-25-33(55-35)28-32-22-21-30(53-32)27-31-23-24-34(54-31)29-36-46(48-39(59-3)15-10-16-40(48)60-4)50(49-41(61-5)17-11-18-42(49)62-6)52(45)56(36)51-43(63-7)19-12-20-44(51)64-8/h9-29,53H,1-8H3. The fourth-order valence-corrected chi connectivity index (χ4v) is 8.61. The van der Waals surface area contributed by atoms with E-state index in [1.807, 2.05) is 127 Å². The van der Waals surface area contributed by atoms with E-state index in [1.54, 1.807) is 56.9 Å². The third-order valence-corrected chi connectivity index (χ3v) is 11.3. The predicted octanol–water partition coefficient (Wildman–Crippen LogP) is 11.2. The van der Waals surface area contributed by atoms with E-state index in [2.05, 4.69) is 9.55 Å². The van der Waals surface area contributed by atoms with Crippen LogP contribution >= 0.6 is 0 Å². The maximum Gasteiger partial charge on any atom is 0.146 e. The molecule has 0 saturated carbocycles. The van der Waals surface area contributed by atoms with Crippen LogP contribution in [0, 0.1) is 0 Å². The number of hydrogen-bond acceptors (Lipinski definition) is 10. The second-order valence-corrected chi connectivity index (χ2v) is 14.7. The molecule has 322 valence electrons. The van der Waals surface area contributed by atoms with E-state index in [1.165, 1.54) is 0 Å². The number of aromatic amines is 1. The van der Waals surface area contributed by atoms with Gasteiger partial charge in [-0.2, -0.15) is 0 Å². The summed E-state index contributed by atoms with van der Waals surface area (Å²) in [5.74, 6) is 4.22. The van der Waals surface area contributed by atoms with Crippen molar-refractivity contribution < 1.29 is 37.9 Å². The molecule has 8 bridgehead atoms. The van der Waals surface area contributed by atoms with E-state index in [-0.39, 0.29) is 0 Å². The van der Waals surface area contributed by atoms with Crippen LogP contribution in [0.5, 0.6) is 46.0 Å². The fourth-order valence-electron chi connectivity index (χ4n) is 8.61. The maximum absolute atomic E-state index is 6.31. The second kappa shape index (κ2) is 17.3. The summed E-state index contributed by atoms with van der Waals surface area (Å²) in [4.78, 5) is 14.1. The average molecular weight is 855 g/mol. The van der Waals surface area contributed by atoms with Gasteiger partial charge in [-0.15, -0.1) is 0 Å². The van der Waals surface area contributed by atoms with Gasteiger partial charge in [-0.3, -0.25) is 0 Å². The van der Waals surface area contributed by atoms with Crippen LogP contribution in [0.2, 0.25) is 0 Å². The Hall–Kier alpha value is -8.12. The van der Waals surface area contributed by atoms with Crippen LogP contribution in [0.1, 0.15) is 22.8 Å². The number of rotatable bonds is 12. The van der Waals surface area contributed by atoms with Crippen molar-refractivity contribution in [3.05, 3.63) is 126 Å². The van der Waals surface area contributed by atoms with E-state index >= 15 is 0 Å². The predicted molar refractivity (Wildman–Crippen MR) is 253 cm³/mol. The molecule has 0 saturated heterocycles. The smallest absolute Gasteiger partial charge is 0.146 e. The molecule has 0 unspecified atom stereocenters. The van der Waals surface area contributed by atoms with Crippen molar-refractivity contribution in [2.45, 2.75) is 0 Å². The molecule has 0 fully saturated rings. The molecule has 0 amide bonds. The zero-order valence-electron chi connectivity index (χ0n) is 36.7. The Bertz CT molecular complexity index is 3090. The number of methoxy groups -OCH3 is 8. The molecular weight excluding hydrogens is 809 g/mol. The highest BCUT2D eigenvalue weighted by Gasteiger charge is 2.34. The van der Waals surface area contributed by atoms with Gasteiger partial charge in [-0.05, 0) is 103 Å². The molecule has 12 heteroatoms. The van der Waals surface area contributed by atoms with Crippen LogP contribution in [0.3, 0.4) is 0 Å². The number of nitrogens with zero attached hydrogens (tertiary/aromatic N) is 3. The van der Waals surface area contributed by atoms with Gasteiger partial charge in [0.05, 0.1) is 107 Å². The molecule has 4 aromatic carbocycles. The molecule has 2 aliphatic heterocycles. The van der Waals surface area contributed by atoms with Crippen LogP contribution in [0.4, 0.5) is 0 Å². The lowest BCUT2D eigenvalue weighted by Gasteiger charge is -2.21. The number of nitrogens with one attached hydrogen (secondary N) is 1. The molecule has 0 aliphatic carbocycles. The van der Waals surface area contributed by atoms with Gasteiger partial charge in [0.1, 0.15) is 51.7 Å². The summed E-state index contributed by atoms with van der Waals surface area (Å²) < 4.78 is 52.4. The van der Waals surface area contributed by atoms with Gasteiger partial charge in [-0.1, -0.05) is 24.3 Å². The molecule has 5 heterocycles. The van der Waals surface area contributed by atoms with Gasteiger partial charge < -0.3 is 47.4 Å². The Kier molecular flexibility index (Phi) is 11.2. The van der Waals surface area contributed by atoms with Crippen molar-refractivity contribution in [1.82, 2.24) is 19.5 Å². The van der Waals surface area contributed by atoms with Gasteiger partial charge in [0.25, 0.3) is 0 Å². The number of hydrogen-bond donors (Lipinski definition) is 1. The van der Waals surface area contributed by atoms with Crippen LogP contribution < -0.4 is 37.9 Å². The minimum absolute atomic E-state index is 0.513. The number of ether oxygens (including phenoxy) is 8. The molecular formula is C52H46N4O8. The van der Waals surface area contributed by atoms with Gasteiger partial charge in [0.15, 0.2) is 0 Å². The lowest BCUT2D eigenvalue weighted by Crippen LogP contribution is -2.04. The molecule has 0 spiro atoms. The minimum atomic E-state index is 0.513. The van der Waals surface area contributed by atoms with Crippen molar-refractivity contribution in [2.24, 2.45) is 0 Å². The number of aromatic nitrogens is 4. The summed E-state index contributed by atoms with van der Waals surface area (Å²) in [5, 5.41) is 0. The average Bonchev–Trinajstić information content (AvgIpc) is 4.15. The molecule has 12 nitrogen and oxygen atoms in total. The molecule has 2 aliphatic rings. The summed E-state index contributed by atoms with van der Waals surface area (Å²) in [7, 11) is 13.1. The number of H-pyrrole nitrogens is 1. The Balaban J connectivity index is 1.75. The first-order valence-electron chi connectivity index (χ1n) is 20.4. The number of fused-ring (bicyclic) bond motifs is 8. The minimum Gasteiger partial charge on any atom is -0.496 e. The Morgan fingerprint density at radius 2 is 0.750 bits per heavy atom. The van der Waals surface area contributed by atoms with Gasteiger partial charge in [-0.25, -0.2) is 9.97 Å². The van der Waals surface area contributed by atoms with Gasteiger partial charge >= 0.3 is 0 Å². The third-order valence-electron chi connectivity index (χ3n) is 11.3. The van der Waals surface area contributed by atoms with Crippen molar-refractivity contribution in [3.8, 4) is 85.1 Å². The van der Waals surface area contributed by atoms with Crippen LogP contribution in [0.25, 0.3) is 85.4 Å². The number of para-hydroxylation sites is 1. The van der Waals surface area contributed by atoms with Crippen LogP contribution in [-0.4, -0.2) is 76.4 Å². The molecule has 1 N–H and O–H groups in total. The lowest BCUT2D eigenvalue weighted by atomic mass is 9.90. The first kappa shape index (κ1) is 41.2. The summed E-state index contributed by atoms with van der Waals surface area (Å²) in [6.45, 7) is 0. The monoisotopic (exact) mass is 854 g/mol. The summed E-state index contributed by atoms with van der Waals surface area (Å²) >= 11 is 0. The zero-order valence-corrected chi connectivity index (χ0v) is 36.7. The summed E-state index contributed by atoms with van der Waals surface area (Å²) in [6, 6.07) is 32.9. The first-order chi connectivity index (χ1) is 31.4. The topological polar surface area (TPSA) is 120 Å². The number of benzene rings is 4. The quantitative estimate of drug-likeness (QED) is 0.127.